The molecule has 11 heteroatoms. The Morgan fingerprint density at radius 2 is 2.00 bits per heavy atom. The number of nitro groups is 1. The van der Waals surface area contributed by atoms with Gasteiger partial charge in [-0.05, 0) is 60.8 Å². The first kappa shape index (κ1) is 21.4. The number of amides is 1. The van der Waals surface area contributed by atoms with Gasteiger partial charge in [0.05, 0.1) is 25.7 Å². The predicted octanol–water partition coefficient (Wildman–Crippen LogP) is 6.15. The number of aryl methyl sites for hydroxylation is 1. The molecule has 0 radical (unpaired) electrons. The summed E-state index contributed by atoms with van der Waals surface area (Å²) in [5.41, 5.74) is 2.64. The van der Waals surface area contributed by atoms with Gasteiger partial charge in [-0.15, -0.1) is 11.3 Å². The van der Waals surface area contributed by atoms with Gasteiger partial charge in [0.1, 0.15) is 5.76 Å². The van der Waals surface area contributed by atoms with E-state index in [1.807, 2.05) is 31.2 Å². The lowest BCUT2D eigenvalue weighted by Crippen LogP contribution is -2.19. The first-order valence-electron chi connectivity index (χ1n) is 9.62. The molecule has 3 heterocycles. The molecule has 1 aliphatic rings. The summed E-state index contributed by atoms with van der Waals surface area (Å²) in [5, 5.41) is 14.8. The maximum atomic E-state index is 12.3. The van der Waals surface area contributed by atoms with Crippen LogP contribution in [0.2, 0.25) is 0 Å². The number of hydrogen-bond donors (Lipinski definition) is 1. The predicted molar refractivity (Wildman–Crippen MR) is 131 cm³/mol. The van der Waals surface area contributed by atoms with Crippen molar-refractivity contribution in [3.05, 3.63) is 80.9 Å². The van der Waals surface area contributed by atoms with E-state index in [1.54, 1.807) is 24.3 Å². The summed E-state index contributed by atoms with van der Waals surface area (Å²) in [6.45, 7) is 2.00. The molecule has 8 nitrogen and oxygen atoms in total. The first-order chi connectivity index (χ1) is 15.9. The first-order valence-corrected chi connectivity index (χ1v) is 12.1. The van der Waals surface area contributed by atoms with E-state index in [0.717, 1.165) is 16.0 Å². The number of fused-ring (bicyclic) bond motifs is 1. The van der Waals surface area contributed by atoms with Gasteiger partial charge in [-0.3, -0.25) is 14.9 Å². The lowest BCUT2D eigenvalue weighted by atomic mass is 10.2. The quantitative estimate of drug-likeness (QED) is 0.201. The zero-order chi connectivity index (χ0) is 22.9. The number of carbonyl (C=O) groups excluding carboxylic acids is 1. The number of hydrogen-bond acceptors (Lipinski definition) is 9. The number of thiazole rings is 1. The molecular weight excluding hydrogens is 480 g/mol. The van der Waals surface area contributed by atoms with Gasteiger partial charge in [0.15, 0.2) is 14.6 Å². The summed E-state index contributed by atoms with van der Waals surface area (Å²) in [6.07, 6.45) is 1.67. The Balaban J connectivity index is 1.30. The molecule has 164 valence electrons. The van der Waals surface area contributed by atoms with Crippen molar-refractivity contribution < 1.29 is 14.1 Å². The van der Waals surface area contributed by atoms with Crippen molar-refractivity contribution >= 4 is 73.6 Å². The van der Waals surface area contributed by atoms with Crippen LogP contribution in [0.4, 0.5) is 11.4 Å². The summed E-state index contributed by atoms with van der Waals surface area (Å²) in [5.74, 6) is 0.299. The fourth-order valence-electron chi connectivity index (χ4n) is 2.95. The van der Waals surface area contributed by atoms with E-state index in [4.69, 9.17) is 4.42 Å². The van der Waals surface area contributed by atoms with Crippen LogP contribution in [0.25, 0.3) is 16.3 Å². The minimum absolute atomic E-state index is 0.0345. The van der Waals surface area contributed by atoms with Gasteiger partial charge in [0.25, 0.3) is 11.6 Å². The largest absolute Gasteiger partial charge is 0.450 e. The number of non-ortho nitro benzene ring substituents is 1. The molecular formula is C22H14N4O4S3. The average Bonchev–Trinajstić information content (AvgIpc) is 3.48. The minimum atomic E-state index is -0.424. The Labute approximate surface area is 200 Å². The van der Waals surface area contributed by atoms with Crippen LogP contribution in [-0.4, -0.2) is 21.0 Å². The Morgan fingerprint density at radius 1 is 1.18 bits per heavy atom. The molecule has 0 unspecified atom stereocenters. The van der Waals surface area contributed by atoms with Crippen LogP contribution in [0, 0.1) is 17.0 Å². The highest BCUT2D eigenvalue weighted by Gasteiger charge is 2.24. The van der Waals surface area contributed by atoms with Gasteiger partial charge in [0.2, 0.25) is 0 Å². The topological polar surface area (TPSA) is 111 Å². The molecule has 2 aromatic carbocycles. The maximum Gasteiger partial charge on any atom is 0.270 e. The van der Waals surface area contributed by atoms with Gasteiger partial charge >= 0.3 is 0 Å². The smallest absolute Gasteiger partial charge is 0.270 e. The molecule has 0 spiro atoms. The number of nitrogens with one attached hydrogen (secondary N) is 1. The van der Waals surface area contributed by atoms with E-state index in [0.29, 0.717) is 30.8 Å². The van der Waals surface area contributed by atoms with E-state index in [1.165, 1.54) is 47.0 Å². The molecule has 0 atom stereocenters. The highest BCUT2D eigenvalue weighted by Crippen LogP contribution is 2.37. The molecule has 1 N–H and O–H groups in total. The second-order valence-electron chi connectivity index (χ2n) is 6.97. The zero-order valence-electron chi connectivity index (χ0n) is 17.0. The highest BCUT2D eigenvalue weighted by atomic mass is 32.2. The normalized spacial score (nSPS) is 16.1. The number of aliphatic imine (C=N–C) groups is 1. The molecule has 33 heavy (non-hydrogen) atoms. The van der Waals surface area contributed by atoms with Crippen molar-refractivity contribution in [2.75, 3.05) is 0 Å². The molecule has 1 fully saturated rings. The molecule has 4 aromatic rings. The van der Waals surface area contributed by atoms with E-state index >= 15 is 0 Å². The number of benzene rings is 2. The number of nitrogens with zero attached hydrogens (tertiary/aromatic N) is 3. The maximum absolute atomic E-state index is 12.3. The highest BCUT2D eigenvalue weighted by molar-refractivity contribution is 8.18. The van der Waals surface area contributed by atoms with Crippen molar-refractivity contribution in [3.63, 3.8) is 0 Å². The summed E-state index contributed by atoms with van der Waals surface area (Å²) < 4.78 is 7.28. The number of amidine groups is 1. The number of thioether (sulfide) groups is 1. The standard InChI is InChI=1S/C22H14N4O4S3/c1-12-2-4-13(5-3-12)23-21-25-20(27)18(31-21)11-15-7-9-19(30-15)33-22-24-16-8-6-14(26(28)29)10-17(16)32-22/h2-11H,1H3,(H,23,25,27)/b18-11-. The van der Waals surface area contributed by atoms with Gasteiger partial charge in [-0.1, -0.05) is 17.7 Å². The van der Waals surface area contributed by atoms with E-state index in [-0.39, 0.29) is 11.6 Å². The zero-order valence-corrected chi connectivity index (χ0v) is 19.4. The number of nitro benzene ring substituents is 1. The Hall–Kier alpha value is -3.41. The Kier molecular flexibility index (Phi) is 5.75. The third-order valence-corrected chi connectivity index (χ3v) is 7.45. The summed E-state index contributed by atoms with van der Waals surface area (Å²) >= 11 is 3.93. The number of furan rings is 1. The van der Waals surface area contributed by atoms with Crippen molar-refractivity contribution in [1.29, 1.82) is 0 Å². The second kappa shape index (κ2) is 8.85. The SMILES string of the molecule is Cc1ccc(N=C2NC(=O)/C(=C/c3ccc(Sc4nc5ccc([N+](=O)[O-])cc5s4)o3)S2)cc1. The molecule has 1 saturated heterocycles. The van der Waals surface area contributed by atoms with Gasteiger partial charge in [-0.25, -0.2) is 9.98 Å². The summed E-state index contributed by atoms with van der Waals surface area (Å²) in [4.78, 5) is 32.3. The molecule has 1 amide bonds. The van der Waals surface area contributed by atoms with Crippen molar-refractivity contribution in [2.45, 2.75) is 16.4 Å². The number of rotatable bonds is 5. The lowest BCUT2D eigenvalue weighted by Gasteiger charge is -1.96. The fraction of sp³-hybridized carbons (Fsp3) is 0.0455. The number of aromatic nitrogens is 1. The third-order valence-electron chi connectivity index (χ3n) is 4.54. The molecule has 5 rings (SSSR count). The van der Waals surface area contributed by atoms with Crippen LogP contribution in [0.1, 0.15) is 11.3 Å². The second-order valence-corrected chi connectivity index (χ2v) is 10.3. The molecule has 2 aromatic heterocycles. The fourth-order valence-corrected chi connectivity index (χ4v) is 5.77. The molecule has 0 aliphatic carbocycles. The molecule has 0 saturated carbocycles. The van der Waals surface area contributed by atoms with Crippen LogP contribution in [0.15, 0.2) is 78.3 Å². The van der Waals surface area contributed by atoms with Crippen LogP contribution >= 0.6 is 34.9 Å². The van der Waals surface area contributed by atoms with Gasteiger partial charge in [0, 0.05) is 18.2 Å². The average molecular weight is 495 g/mol. The van der Waals surface area contributed by atoms with Crippen molar-refractivity contribution in [1.82, 2.24) is 10.3 Å². The van der Waals surface area contributed by atoms with Crippen LogP contribution in [-0.2, 0) is 4.79 Å². The molecule has 0 bridgehead atoms. The van der Waals surface area contributed by atoms with E-state index in [2.05, 4.69) is 15.3 Å². The van der Waals surface area contributed by atoms with E-state index in [9.17, 15) is 14.9 Å². The summed E-state index contributed by atoms with van der Waals surface area (Å²) in [7, 11) is 0. The van der Waals surface area contributed by atoms with Crippen LogP contribution in [0.3, 0.4) is 0 Å². The van der Waals surface area contributed by atoms with Crippen LogP contribution in [0.5, 0.6) is 0 Å². The minimum Gasteiger partial charge on any atom is -0.450 e. The molecule has 1 aliphatic heterocycles. The van der Waals surface area contributed by atoms with Gasteiger partial charge < -0.3 is 9.73 Å². The van der Waals surface area contributed by atoms with Gasteiger partial charge in [-0.2, -0.15) is 0 Å². The monoisotopic (exact) mass is 494 g/mol. The summed E-state index contributed by atoms with van der Waals surface area (Å²) in [6, 6.07) is 15.9. The lowest BCUT2D eigenvalue weighted by molar-refractivity contribution is -0.384. The Bertz CT molecular complexity index is 1450. The van der Waals surface area contributed by atoms with Crippen LogP contribution < -0.4 is 5.32 Å². The Morgan fingerprint density at radius 3 is 2.79 bits per heavy atom. The van der Waals surface area contributed by atoms with E-state index < -0.39 is 4.92 Å². The third kappa shape index (κ3) is 4.85. The number of carbonyl (C=O) groups is 1. The van der Waals surface area contributed by atoms with Crippen molar-refractivity contribution in [2.24, 2.45) is 4.99 Å². The van der Waals surface area contributed by atoms with Crippen molar-refractivity contribution in [3.8, 4) is 0 Å².